The second-order valence-electron chi connectivity index (χ2n) is 5.48. The number of nitrogens with zero attached hydrogens (tertiary/aromatic N) is 1. The molecule has 0 aliphatic heterocycles. The normalized spacial score (nSPS) is 18.4. The van der Waals surface area contributed by atoms with E-state index >= 15 is 0 Å². The summed E-state index contributed by atoms with van der Waals surface area (Å²) in [7, 11) is -3.95. The zero-order valence-corrected chi connectivity index (χ0v) is 12.3. The van der Waals surface area contributed by atoms with E-state index < -0.39 is 28.2 Å². The molecule has 8 nitrogen and oxygen atoms in total. The third-order valence-corrected chi connectivity index (χ3v) is 4.65. The van der Waals surface area contributed by atoms with Gasteiger partial charge in [-0.15, -0.1) is 0 Å². The number of hydrogen-bond donors (Lipinski definition) is 4. The molecule has 9 heteroatoms. The summed E-state index contributed by atoms with van der Waals surface area (Å²) in [5.74, 6) is -1.19. The molecule has 0 spiro atoms. The van der Waals surface area contributed by atoms with Crippen LogP contribution in [0.25, 0.3) is 0 Å². The van der Waals surface area contributed by atoms with E-state index in [1.165, 1.54) is 17.7 Å². The molecular formula is C12H18N2O6S. The van der Waals surface area contributed by atoms with E-state index in [1.54, 1.807) is 0 Å². The Morgan fingerprint density at radius 1 is 1.52 bits per heavy atom. The first-order chi connectivity index (χ1) is 9.66. The van der Waals surface area contributed by atoms with Crippen LogP contribution in [0.3, 0.4) is 0 Å². The average Bonchev–Trinajstić information content (AvgIpc) is 3.14. The SMILES string of the molecule is CC(O)(CO)CNS(=O)(=O)c1cc(C(=O)O)n(C2CC2)c1. The highest BCUT2D eigenvalue weighted by Gasteiger charge is 2.31. The lowest BCUT2D eigenvalue weighted by molar-refractivity contribution is 0.00681. The molecule has 1 heterocycles. The molecule has 1 aliphatic rings. The summed E-state index contributed by atoms with van der Waals surface area (Å²) in [6.07, 6.45) is 2.93. The van der Waals surface area contributed by atoms with Gasteiger partial charge in [0, 0.05) is 18.8 Å². The predicted molar refractivity (Wildman–Crippen MR) is 72.6 cm³/mol. The molecule has 1 saturated carbocycles. The lowest BCUT2D eigenvalue weighted by Crippen LogP contribution is -2.43. The Bertz CT molecular complexity index is 645. The van der Waals surface area contributed by atoms with Gasteiger partial charge < -0.3 is 19.9 Å². The van der Waals surface area contributed by atoms with Crippen LogP contribution in [0.4, 0.5) is 0 Å². The second kappa shape index (κ2) is 5.41. The summed E-state index contributed by atoms with van der Waals surface area (Å²) in [6.45, 7) is 0.315. The molecule has 21 heavy (non-hydrogen) atoms. The third-order valence-electron chi connectivity index (χ3n) is 3.28. The molecular weight excluding hydrogens is 300 g/mol. The first kappa shape index (κ1) is 16.0. The molecule has 1 aliphatic carbocycles. The fraction of sp³-hybridized carbons (Fsp3) is 0.583. The van der Waals surface area contributed by atoms with Crippen molar-refractivity contribution in [1.29, 1.82) is 0 Å². The lowest BCUT2D eigenvalue weighted by atomic mass is 10.1. The van der Waals surface area contributed by atoms with E-state index in [0.29, 0.717) is 0 Å². The van der Waals surface area contributed by atoms with Crippen LogP contribution in [0.2, 0.25) is 0 Å². The summed E-state index contributed by atoms with van der Waals surface area (Å²) >= 11 is 0. The number of carboxylic acids is 1. The topological polar surface area (TPSA) is 129 Å². The average molecular weight is 318 g/mol. The number of nitrogens with one attached hydrogen (secondary N) is 1. The minimum atomic E-state index is -3.95. The number of carboxylic acid groups (broad SMARTS) is 1. The van der Waals surface area contributed by atoms with Crippen molar-refractivity contribution in [2.24, 2.45) is 0 Å². The number of aromatic nitrogens is 1. The van der Waals surface area contributed by atoms with E-state index in [9.17, 15) is 18.3 Å². The van der Waals surface area contributed by atoms with Crippen LogP contribution < -0.4 is 4.72 Å². The standard InChI is InChI=1S/C12H18N2O6S/c1-12(18,7-15)6-13-21(19,20)9-4-10(11(16)17)14(5-9)8-2-3-8/h4-5,8,13,15,18H,2-3,6-7H2,1H3,(H,16,17). The van der Waals surface area contributed by atoms with Gasteiger partial charge in [0.15, 0.2) is 0 Å². The fourth-order valence-corrected chi connectivity index (χ4v) is 3.00. The van der Waals surface area contributed by atoms with Gasteiger partial charge in [-0.2, -0.15) is 0 Å². The second-order valence-corrected chi connectivity index (χ2v) is 7.25. The summed E-state index contributed by atoms with van der Waals surface area (Å²) in [4.78, 5) is 11.0. The van der Waals surface area contributed by atoms with Crippen LogP contribution in [0.5, 0.6) is 0 Å². The Labute approximate surface area is 122 Å². The molecule has 1 unspecified atom stereocenters. The molecule has 0 aromatic carbocycles. The summed E-state index contributed by atoms with van der Waals surface area (Å²) in [5, 5.41) is 27.6. The maximum absolute atomic E-state index is 12.1. The van der Waals surface area contributed by atoms with Gasteiger partial charge in [-0.25, -0.2) is 17.9 Å². The number of aromatic carboxylic acids is 1. The molecule has 1 fully saturated rings. The van der Waals surface area contributed by atoms with Crippen molar-refractivity contribution < 1.29 is 28.5 Å². The fourth-order valence-electron chi connectivity index (χ4n) is 1.82. The van der Waals surface area contributed by atoms with E-state index in [1.807, 2.05) is 0 Å². The molecule has 1 atom stereocenters. The van der Waals surface area contributed by atoms with Gasteiger partial charge in [0.1, 0.15) is 10.6 Å². The Morgan fingerprint density at radius 3 is 2.62 bits per heavy atom. The Kier molecular flexibility index (Phi) is 4.11. The number of aliphatic hydroxyl groups is 2. The maximum atomic E-state index is 12.1. The predicted octanol–water partition coefficient (Wildman–Crippen LogP) is -0.457. The molecule has 0 amide bonds. The van der Waals surface area contributed by atoms with Crippen molar-refractivity contribution in [3.63, 3.8) is 0 Å². The van der Waals surface area contributed by atoms with Crippen molar-refractivity contribution in [3.05, 3.63) is 18.0 Å². The Hall–Kier alpha value is -1.42. The van der Waals surface area contributed by atoms with Crippen LogP contribution in [-0.2, 0) is 10.0 Å². The van der Waals surface area contributed by atoms with Crippen LogP contribution >= 0.6 is 0 Å². The van der Waals surface area contributed by atoms with E-state index in [0.717, 1.165) is 18.9 Å². The maximum Gasteiger partial charge on any atom is 0.352 e. The zero-order chi connectivity index (χ0) is 15.8. The summed E-state index contributed by atoms with van der Waals surface area (Å²) < 4.78 is 27.8. The molecule has 0 saturated heterocycles. The largest absolute Gasteiger partial charge is 0.477 e. The van der Waals surface area contributed by atoms with E-state index in [4.69, 9.17) is 10.2 Å². The van der Waals surface area contributed by atoms with Gasteiger partial charge in [-0.05, 0) is 25.8 Å². The summed E-state index contributed by atoms with van der Waals surface area (Å²) in [5.41, 5.74) is -1.66. The molecule has 2 rings (SSSR count). The van der Waals surface area contributed by atoms with Gasteiger partial charge in [0.05, 0.1) is 12.2 Å². The van der Waals surface area contributed by atoms with Gasteiger partial charge >= 0.3 is 5.97 Å². The smallest absolute Gasteiger partial charge is 0.352 e. The molecule has 118 valence electrons. The minimum Gasteiger partial charge on any atom is -0.477 e. The number of rotatable bonds is 7. The van der Waals surface area contributed by atoms with Crippen LogP contribution in [-0.4, -0.2) is 53.0 Å². The van der Waals surface area contributed by atoms with Crippen molar-refractivity contribution >= 4 is 16.0 Å². The highest BCUT2D eigenvalue weighted by atomic mass is 32.2. The third kappa shape index (κ3) is 3.62. The highest BCUT2D eigenvalue weighted by molar-refractivity contribution is 7.89. The summed E-state index contributed by atoms with van der Waals surface area (Å²) in [6, 6.07) is 1.12. The number of sulfonamides is 1. The number of carbonyl (C=O) groups is 1. The monoisotopic (exact) mass is 318 g/mol. The van der Waals surface area contributed by atoms with Gasteiger partial charge in [-0.1, -0.05) is 0 Å². The zero-order valence-electron chi connectivity index (χ0n) is 11.5. The quantitative estimate of drug-likeness (QED) is 0.538. The molecule has 4 N–H and O–H groups in total. The molecule has 0 bridgehead atoms. The molecule has 1 aromatic rings. The molecule has 1 aromatic heterocycles. The van der Waals surface area contributed by atoms with E-state index in [2.05, 4.69) is 4.72 Å². The lowest BCUT2D eigenvalue weighted by Gasteiger charge is -2.20. The Morgan fingerprint density at radius 2 is 2.14 bits per heavy atom. The van der Waals surface area contributed by atoms with Crippen molar-refractivity contribution in [1.82, 2.24) is 9.29 Å². The van der Waals surface area contributed by atoms with Gasteiger partial charge in [-0.3, -0.25) is 0 Å². The number of aliphatic hydroxyl groups excluding tert-OH is 1. The van der Waals surface area contributed by atoms with Crippen LogP contribution in [0, 0.1) is 0 Å². The van der Waals surface area contributed by atoms with Crippen molar-refractivity contribution in [2.45, 2.75) is 36.3 Å². The molecule has 0 radical (unpaired) electrons. The Balaban J connectivity index is 2.24. The minimum absolute atomic E-state index is 0.0283. The first-order valence-corrected chi connectivity index (χ1v) is 7.93. The van der Waals surface area contributed by atoms with Crippen molar-refractivity contribution in [2.75, 3.05) is 13.2 Å². The van der Waals surface area contributed by atoms with Gasteiger partial charge in [0.25, 0.3) is 0 Å². The highest BCUT2D eigenvalue weighted by Crippen LogP contribution is 2.37. The van der Waals surface area contributed by atoms with E-state index in [-0.39, 0.29) is 23.2 Å². The van der Waals surface area contributed by atoms with Gasteiger partial charge in [0.2, 0.25) is 10.0 Å². The van der Waals surface area contributed by atoms with Crippen LogP contribution in [0.1, 0.15) is 36.3 Å². The van der Waals surface area contributed by atoms with Crippen molar-refractivity contribution in [3.8, 4) is 0 Å². The first-order valence-electron chi connectivity index (χ1n) is 6.44. The van der Waals surface area contributed by atoms with Crippen LogP contribution in [0.15, 0.2) is 17.2 Å². The number of hydrogen-bond acceptors (Lipinski definition) is 5.